The van der Waals surface area contributed by atoms with Crippen molar-refractivity contribution in [3.05, 3.63) is 0 Å². The van der Waals surface area contributed by atoms with Crippen LogP contribution in [0, 0.1) is 23.2 Å². The van der Waals surface area contributed by atoms with Crippen molar-refractivity contribution in [2.24, 2.45) is 23.2 Å². The number of hydrogen-bond donors (Lipinski definition) is 1. The van der Waals surface area contributed by atoms with Gasteiger partial charge in [0.1, 0.15) is 0 Å². The first-order valence-electron chi connectivity index (χ1n) is 7.77. The van der Waals surface area contributed by atoms with Gasteiger partial charge in [-0.1, -0.05) is 19.8 Å². The van der Waals surface area contributed by atoms with Crippen LogP contribution in [-0.4, -0.2) is 10.7 Å². The lowest BCUT2D eigenvalue weighted by atomic mass is 9.45. The van der Waals surface area contributed by atoms with Crippen molar-refractivity contribution >= 4 is 0 Å². The zero-order chi connectivity index (χ0) is 12.1. The van der Waals surface area contributed by atoms with Gasteiger partial charge in [0.2, 0.25) is 0 Å². The third-order valence-electron chi connectivity index (χ3n) is 6.20. The summed E-state index contributed by atoms with van der Waals surface area (Å²) in [5.74, 6) is 2.86. The Balaban J connectivity index is 1.81. The van der Waals surface area contributed by atoms with Crippen LogP contribution in [0.3, 0.4) is 0 Å². The van der Waals surface area contributed by atoms with E-state index in [2.05, 4.69) is 13.8 Å². The van der Waals surface area contributed by atoms with E-state index in [-0.39, 0.29) is 5.60 Å². The van der Waals surface area contributed by atoms with E-state index in [1.807, 2.05) is 0 Å². The summed E-state index contributed by atoms with van der Waals surface area (Å²) < 4.78 is 0. The minimum atomic E-state index is -0.390. The van der Waals surface area contributed by atoms with Crippen LogP contribution in [0.4, 0.5) is 0 Å². The average Bonchev–Trinajstić information content (AvgIpc) is 2.24. The van der Waals surface area contributed by atoms with E-state index in [1.165, 1.54) is 51.4 Å². The monoisotopic (exact) mass is 236 g/mol. The lowest BCUT2D eigenvalue weighted by Gasteiger charge is -2.61. The summed E-state index contributed by atoms with van der Waals surface area (Å²) >= 11 is 0. The highest BCUT2D eigenvalue weighted by Gasteiger charge is 2.57. The Morgan fingerprint density at radius 1 is 1.06 bits per heavy atom. The molecule has 1 atom stereocenters. The molecule has 4 fully saturated rings. The van der Waals surface area contributed by atoms with Gasteiger partial charge in [-0.2, -0.15) is 0 Å². The topological polar surface area (TPSA) is 20.2 Å². The maximum Gasteiger partial charge on any atom is 0.0676 e. The third kappa shape index (κ3) is 1.85. The normalized spacial score (nSPS) is 47.1. The Bertz CT molecular complexity index is 257. The van der Waals surface area contributed by atoms with Crippen molar-refractivity contribution in [3.8, 4) is 0 Å². The number of unbranched alkanes of at least 4 members (excludes halogenated alkanes) is 1. The van der Waals surface area contributed by atoms with E-state index in [0.29, 0.717) is 5.41 Å². The predicted molar refractivity (Wildman–Crippen MR) is 70.8 cm³/mol. The first kappa shape index (κ1) is 12.0. The second kappa shape index (κ2) is 3.98. The number of aliphatic hydroxyl groups is 1. The molecule has 4 saturated carbocycles. The van der Waals surface area contributed by atoms with Crippen LogP contribution in [0.5, 0.6) is 0 Å². The van der Waals surface area contributed by atoms with Gasteiger partial charge in [-0.05, 0) is 75.0 Å². The van der Waals surface area contributed by atoms with Crippen molar-refractivity contribution in [2.75, 3.05) is 0 Å². The standard InChI is InChI=1S/C16H28O/c1-3-4-5-15(2,17)16-9-12-6-13(10-16)8-14(7-12)11-16/h12-14,17H,3-11H2,1-2H3. The molecule has 4 aliphatic carbocycles. The lowest BCUT2D eigenvalue weighted by Crippen LogP contribution is -2.57. The fourth-order valence-corrected chi connectivity index (χ4v) is 5.56. The summed E-state index contributed by atoms with van der Waals surface area (Å²) in [4.78, 5) is 0. The van der Waals surface area contributed by atoms with Crippen molar-refractivity contribution < 1.29 is 5.11 Å². The highest BCUT2D eigenvalue weighted by Crippen LogP contribution is 2.64. The average molecular weight is 236 g/mol. The molecule has 4 bridgehead atoms. The Hall–Kier alpha value is -0.0400. The molecule has 0 aromatic carbocycles. The minimum Gasteiger partial charge on any atom is -0.390 e. The van der Waals surface area contributed by atoms with Crippen molar-refractivity contribution in [2.45, 2.75) is 77.2 Å². The molecule has 4 rings (SSSR count). The van der Waals surface area contributed by atoms with Crippen molar-refractivity contribution in [1.82, 2.24) is 0 Å². The predicted octanol–water partition coefficient (Wildman–Crippen LogP) is 4.14. The molecule has 1 heteroatoms. The Kier molecular flexibility index (Phi) is 2.81. The second-order valence-corrected chi connectivity index (χ2v) is 7.58. The van der Waals surface area contributed by atoms with Crippen LogP contribution in [0.1, 0.15) is 71.6 Å². The molecular weight excluding hydrogens is 208 g/mol. The van der Waals surface area contributed by atoms with Crippen LogP contribution in [0.2, 0.25) is 0 Å². The summed E-state index contributed by atoms with van der Waals surface area (Å²) in [7, 11) is 0. The van der Waals surface area contributed by atoms with E-state index in [1.54, 1.807) is 0 Å². The highest BCUT2D eigenvalue weighted by atomic mass is 16.3. The zero-order valence-corrected chi connectivity index (χ0v) is 11.5. The third-order valence-corrected chi connectivity index (χ3v) is 6.20. The number of rotatable bonds is 4. The van der Waals surface area contributed by atoms with Crippen LogP contribution in [0.15, 0.2) is 0 Å². The van der Waals surface area contributed by atoms with Gasteiger partial charge >= 0.3 is 0 Å². The minimum absolute atomic E-state index is 0.302. The molecule has 98 valence electrons. The van der Waals surface area contributed by atoms with E-state index in [4.69, 9.17) is 0 Å². The molecule has 0 saturated heterocycles. The zero-order valence-electron chi connectivity index (χ0n) is 11.5. The Morgan fingerprint density at radius 3 is 1.94 bits per heavy atom. The van der Waals surface area contributed by atoms with Gasteiger partial charge in [-0.3, -0.25) is 0 Å². The van der Waals surface area contributed by atoms with Crippen molar-refractivity contribution in [3.63, 3.8) is 0 Å². The second-order valence-electron chi connectivity index (χ2n) is 7.58. The summed E-state index contributed by atoms with van der Waals surface area (Å²) in [6, 6.07) is 0. The fourth-order valence-electron chi connectivity index (χ4n) is 5.56. The quantitative estimate of drug-likeness (QED) is 0.777. The highest BCUT2D eigenvalue weighted by molar-refractivity contribution is 5.08. The molecule has 1 N–H and O–H groups in total. The molecule has 1 nitrogen and oxygen atoms in total. The SMILES string of the molecule is CCCCC(C)(O)C12CC3CC(CC(C3)C1)C2. The molecule has 1 unspecified atom stereocenters. The van der Waals surface area contributed by atoms with E-state index >= 15 is 0 Å². The molecule has 0 spiro atoms. The maximum atomic E-state index is 11.0. The molecule has 0 radical (unpaired) electrons. The van der Waals surface area contributed by atoms with Crippen molar-refractivity contribution in [1.29, 1.82) is 0 Å². The van der Waals surface area contributed by atoms with Gasteiger partial charge < -0.3 is 5.11 Å². The summed E-state index contributed by atoms with van der Waals surface area (Å²) in [5, 5.41) is 11.0. The maximum absolute atomic E-state index is 11.0. The number of hydrogen-bond acceptors (Lipinski definition) is 1. The fraction of sp³-hybridized carbons (Fsp3) is 1.00. The molecule has 17 heavy (non-hydrogen) atoms. The van der Waals surface area contributed by atoms with Gasteiger partial charge in [0, 0.05) is 0 Å². The van der Waals surface area contributed by atoms with Crippen LogP contribution in [0.25, 0.3) is 0 Å². The Morgan fingerprint density at radius 2 is 1.53 bits per heavy atom. The van der Waals surface area contributed by atoms with E-state index in [0.717, 1.165) is 24.2 Å². The van der Waals surface area contributed by atoms with E-state index < -0.39 is 0 Å². The van der Waals surface area contributed by atoms with E-state index in [9.17, 15) is 5.11 Å². The summed E-state index contributed by atoms with van der Waals surface area (Å²) in [6.07, 6.45) is 11.8. The smallest absolute Gasteiger partial charge is 0.0676 e. The summed E-state index contributed by atoms with van der Waals surface area (Å²) in [6.45, 7) is 4.38. The van der Waals surface area contributed by atoms with Gasteiger partial charge in [-0.25, -0.2) is 0 Å². The molecule has 0 aromatic heterocycles. The Labute approximate surface area is 106 Å². The lowest BCUT2D eigenvalue weighted by molar-refractivity contribution is -0.174. The van der Waals surface area contributed by atoms with Gasteiger partial charge in [0.25, 0.3) is 0 Å². The summed E-state index contributed by atoms with van der Waals surface area (Å²) in [5.41, 5.74) is -0.0874. The molecule has 4 aliphatic rings. The van der Waals surface area contributed by atoms with Gasteiger partial charge in [-0.15, -0.1) is 0 Å². The molecule has 0 heterocycles. The largest absolute Gasteiger partial charge is 0.390 e. The molecular formula is C16H28O. The van der Waals surface area contributed by atoms with Crippen LogP contribution < -0.4 is 0 Å². The first-order chi connectivity index (χ1) is 8.05. The van der Waals surface area contributed by atoms with Gasteiger partial charge in [0.05, 0.1) is 5.60 Å². The molecule has 0 aliphatic heterocycles. The van der Waals surface area contributed by atoms with Crippen LogP contribution >= 0.6 is 0 Å². The van der Waals surface area contributed by atoms with Crippen LogP contribution in [-0.2, 0) is 0 Å². The first-order valence-corrected chi connectivity index (χ1v) is 7.77. The van der Waals surface area contributed by atoms with Gasteiger partial charge in [0.15, 0.2) is 0 Å². The molecule has 0 aromatic rings. The molecule has 0 amide bonds.